The molecule has 0 atom stereocenters. The molecule has 0 saturated carbocycles. The van der Waals surface area contributed by atoms with E-state index in [0.29, 0.717) is 5.69 Å². The lowest BCUT2D eigenvalue weighted by Crippen LogP contribution is -2.11. The van der Waals surface area contributed by atoms with Crippen molar-refractivity contribution in [2.45, 2.75) is 13.3 Å². The van der Waals surface area contributed by atoms with E-state index in [9.17, 15) is 5.11 Å². The molecule has 0 heterocycles. The molecule has 13 heavy (non-hydrogen) atoms. The molecule has 1 rings (SSSR count). The molecule has 0 spiro atoms. The molecular weight excluding hydrogens is 164 g/mol. The van der Waals surface area contributed by atoms with Gasteiger partial charge in [0.2, 0.25) is 0 Å². The summed E-state index contributed by atoms with van der Waals surface area (Å²) in [6.07, 6.45) is 0.890. The van der Waals surface area contributed by atoms with Crippen LogP contribution in [-0.2, 0) is 6.42 Å². The first-order valence-electron chi connectivity index (χ1n) is 4.37. The molecule has 0 aliphatic rings. The minimum absolute atomic E-state index is 0.283. The van der Waals surface area contributed by atoms with Crippen molar-refractivity contribution in [2.75, 3.05) is 19.3 Å². The summed E-state index contributed by atoms with van der Waals surface area (Å²) < 4.78 is 0. The average Bonchev–Trinajstić information content (AvgIpc) is 2.09. The molecule has 1 aromatic rings. The fraction of sp³-hybridized carbons (Fsp3) is 0.400. The van der Waals surface area contributed by atoms with Crippen LogP contribution in [0.5, 0.6) is 5.75 Å². The van der Waals surface area contributed by atoms with Crippen LogP contribution in [0.2, 0.25) is 0 Å². The van der Waals surface area contributed by atoms with Crippen molar-refractivity contribution in [2.24, 2.45) is 0 Å². The Bertz CT molecular complexity index is 297. The Morgan fingerprint density at radius 3 is 2.77 bits per heavy atom. The van der Waals surface area contributed by atoms with Gasteiger partial charge in [0.05, 0.1) is 0 Å². The largest absolute Gasteiger partial charge is 0.508 e. The molecular formula is C10H16N2O. The first-order chi connectivity index (χ1) is 6.15. The highest BCUT2D eigenvalue weighted by Crippen LogP contribution is 2.23. The lowest BCUT2D eigenvalue weighted by Gasteiger charge is -2.08. The molecule has 0 aromatic heterocycles. The molecule has 0 aliphatic carbocycles. The summed E-state index contributed by atoms with van der Waals surface area (Å²) in [7, 11) is 1.90. The molecule has 0 saturated heterocycles. The minimum atomic E-state index is 0.283. The number of nitrogens with two attached hydrogens (primary N) is 1. The second kappa shape index (κ2) is 4.14. The third-order valence-corrected chi connectivity index (χ3v) is 2.15. The number of likely N-dealkylation sites (N-methyl/N-ethyl adjacent to an activating group) is 1. The lowest BCUT2D eigenvalue weighted by atomic mass is 10.0. The average molecular weight is 180 g/mol. The Hall–Kier alpha value is -1.22. The number of phenolic OH excluding ortho intramolecular Hbond substituents is 1. The summed E-state index contributed by atoms with van der Waals surface area (Å²) in [5.41, 5.74) is 8.26. The van der Waals surface area contributed by atoms with Gasteiger partial charge in [0, 0.05) is 11.8 Å². The van der Waals surface area contributed by atoms with E-state index in [1.807, 2.05) is 20.0 Å². The summed E-state index contributed by atoms with van der Waals surface area (Å²) in [4.78, 5) is 0. The van der Waals surface area contributed by atoms with Crippen LogP contribution in [0, 0.1) is 6.92 Å². The van der Waals surface area contributed by atoms with E-state index in [1.54, 1.807) is 6.07 Å². The van der Waals surface area contributed by atoms with Crippen LogP contribution in [-0.4, -0.2) is 18.7 Å². The number of nitrogens with one attached hydrogen (secondary N) is 1. The maximum atomic E-state index is 9.48. The van der Waals surface area contributed by atoms with Crippen LogP contribution in [0.25, 0.3) is 0 Å². The summed E-state index contributed by atoms with van der Waals surface area (Å²) in [6.45, 7) is 2.80. The Balaban J connectivity index is 2.92. The van der Waals surface area contributed by atoms with Crippen LogP contribution >= 0.6 is 0 Å². The lowest BCUT2D eigenvalue weighted by molar-refractivity contribution is 0.470. The Labute approximate surface area is 78.6 Å². The third kappa shape index (κ3) is 2.36. The molecule has 0 bridgehead atoms. The number of hydrogen-bond acceptors (Lipinski definition) is 3. The van der Waals surface area contributed by atoms with Gasteiger partial charge in [-0.1, -0.05) is 0 Å². The van der Waals surface area contributed by atoms with Gasteiger partial charge in [-0.05, 0) is 44.1 Å². The van der Waals surface area contributed by atoms with Crippen LogP contribution in [0.3, 0.4) is 0 Å². The maximum Gasteiger partial charge on any atom is 0.120 e. The minimum Gasteiger partial charge on any atom is -0.508 e. The number of anilines is 1. The fourth-order valence-corrected chi connectivity index (χ4v) is 1.30. The first kappa shape index (κ1) is 9.86. The highest BCUT2D eigenvalue weighted by atomic mass is 16.3. The van der Waals surface area contributed by atoms with Gasteiger partial charge < -0.3 is 16.2 Å². The molecule has 72 valence electrons. The standard InChI is InChI=1S/C10H16N2O/c1-7-8(3-4-12-2)5-9(11)6-10(7)13/h5-6,12-13H,3-4,11H2,1-2H3. The number of benzene rings is 1. The monoisotopic (exact) mass is 180 g/mol. The zero-order chi connectivity index (χ0) is 9.84. The van der Waals surface area contributed by atoms with Crippen molar-refractivity contribution < 1.29 is 5.11 Å². The van der Waals surface area contributed by atoms with Crippen LogP contribution in [0.15, 0.2) is 12.1 Å². The second-order valence-corrected chi connectivity index (χ2v) is 3.18. The Morgan fingerprint density at radius 1 is 1.46 bits per heavy atom. The SMILES string of the molecule is CNCCc1cc(N)cc(O)c1C. The molecule has 1 aromatic carbocycles. The van der Waals surface area contributed by atoms with Crippen molar-refractivity contribution in [1.82, 2.24) is 5.32 Å². The Morgan fingerprint density at radius 2 is 2.15 bits per heavy atom. The third-order valence-electron chi connectivity index (χ3n) is 2.15. The zero-order valence-electron chi connectivity index (χ0n) is 8.09. The number of rotatable bonds is 3. The number of hydrogen-bond donors (Lipinski definition) is 3. The van der Waals surface area contributed by atoms with Gasteiger partial charge in [-0.25, -0.2) is 0 Å². The van der Waals surface area contributed by atoms with Gasteiger partial charge in [-0.2, -0.15) is 0 Å². The van der Waals surface area contributed by atoms with Gasteiger partial charge in [0.15, 0.2) is 0 Å². The van der Waals surface area contributed by atoms with Crippen molar-refractivity contribution in [3.63, 3.8) is 0 Å². The predicted molar refractivity (Wildman–Crippen MR) is 54.9 cm³/mol. The highest BCUT2D eigenvalue weighted by molar-refractivity contribution is 5.52. The molecule has 4 N–H and O–H groups in total. The van der Waals surface area contributed by atoms with Crippen LogP contribution < -0.4 is 11.1 Å². The fourth-order valence-electron chi connectivity index (χ4n) is 1.30. The van der Waals surface area contributed by atoms with Gasteiger partial charge in [-0.3, -0.25) is 0 Å². The molecule has 0 amide bonds. The van der Waals surface area contributed by atoms with Crippen molar-refractivity contribution in [3.8, 4) is 5.75 Å². The first-order valence-corrected chi connectivity index (χ1v) is 4.37. The van der Waals surface area contributed by atoms with E-state index >= 15 is 0 Å². The second-order valence-electron chi connectivity index (χ2n) is 3.18. The summed E-state index contributed by atoms with van der Waals surface area (Å²) in [5, 5.41) is 12.5. The molecule has 0 fully saturated rings. The van der Waals surface area contributed by atoms with E-state index in [-0.39, 0.29) is 5.75 Å². The van der Waals surface area contributed by atoms with Gasteiger partial charge >= 0.3 is 0 Å². The van der Waals surface area contributed by atoms with E-state index in [0.717, 1.165) is 24.1 Å². The quantitative estimate of drug-likeness (QED) is 0.609. The van der Waals surface area contributed by atoms with E-state index in [4.69, 9.17) is 5.73 Å². The summed E-state index contributed by atoms with van der Waals surface area (Å²) in [6, 6.07) is 3.49. The summed E-state index contributed by atoms with van der Waals surface area (Å²) >= 11 is 0. The number of nitrogen functional groups attached to an aromatic ring is 1. The maximum absolute atomic E-state index is 9.48. The smallest absolute Gasteiger partial charge is 0.120 e. The van der Waals surface area contributed by atoms with E-state index < -0.39 is 0 Å². The van der Waals surface area contributed by atoms with Gasteiger partial charge in [0.1, 0.15) is 5.75 Å². The molecule has 3 nitrogen and oxygen atoms in total. The molecule has 0 radical (unpaired) electrons. The normalized spacial score (nSPS) is 10.3. The van der Waals surface area contributed by atoms with E-state index in [1.165, 1.54) is 0 Å². The van der Waals surface area contributed by atoms with Crippen LogP contribution in [0.1, 0.15) is 11.1 Å². The predicted octanol–water partition coefficient (Wildman–Crippen LogP) is 1.04. The van der Waals surface area contributed by atoms with Gasteiger partial charge in [-0.15, -0.1) is 0 Å². The molecule has 0 aliphatic heterocycles. The van der Waals surface area contributed by atoms with Crippen molar-refractivity contribution >= 4 is 5.69 Å². The highest BCUT2D eigenvalue weighted by Gasteiger charge is 2.03. The summed E-state index contributed by atoms with van der Waals surface area (Å²) in [5.74, 6) is 0.283. The number of phenols is 1. The van der Waals surface area contributed by atoms with Crippen LogP contribution in [0.4, 0.5) is 5.69 Å². The zero-order valence-corrected chi connectivity index (χ0v) is 8.09. The van der Waals surface area contributed by atoms with Crippen molar-refractivity contribution in [3.05, 3.63) is 23.3 Å². The van der Waals surface area contributed by atoms with Crippen molar-refractivity contribution in [1.29, 1.82) is 0 Å². The molecule has 0 unspecified atom stereocenters. The van der Waals surface area contributed by atoms with E-state index in [2.05, 4.69) is 5.32 Å². The molecule has 3 heteroatoms. The number of aromatic hydroxyl groups is 1. The topological polar surface area (TPSA) is 58.3 Å². The van der Waals surface area contributed by atoms with Gasteiger partial charge in [0.25, 0.3) is 0 Å². The Kier molecular flexibility index (Phi) is 3.14.